The minimum atomic E-state index is -0.261. The van der Waals surface area contributed by atoms with Gasteiger partial charge < -0.3 is 4.90 Å². The molecule has 0 saturated carbocycles. The lowest BCUT2D eigenvalue weighted by Crippen LogP contribution is -2.31. The van der Waals surface area contributed by atoms with Crippen LogP contribution in [0.4, 0.5) is 10.2 Å². The number of hydrogen-bond acceptors (Lipinski definition) is 4. The number of hydrogen-bond donors (Lipinski definition) is 0. The highest BCUT2D eigenvalue weighted by Gasteiger charge is 2.19. The maximum Gasteiger partial charge on any atom is 0.163 e. The Hall–Kier alpha value is -3.60. The van der Waals surface area contributed by atoms with Gasteiger partial charge in [-0.2, -0.15) is 0 Å². The van der Waals surface area contributed by atoms with E-state index in [9.17, 15) is 4.39 Å². The molecule has 4 nitrogen and oxygen atoms in total. The number of anilines is 1. The van der Waals surface area contributed by atoms with Crippen LogP contribution in [0.15, 0.2) is 79.1 Å². The summed E-state index contributed by atoms with van der Waals surface area (Å²) in [5.74, 6) is 1.23. The fraction of sp³-hybridized carbons (Fsp3) is 0.125. The van der Waals surface area contributed by atoms with Crippen molar-refractivity contribution in [1.29, 1.82) is 0 Å². The maximum atomic E-state index is 13.4. The van der Waals surface area contributed by atoms with Gasteiger partial charge in [0.2, 0.25) is 0 Å². The average molecular weight is 382 g/mol. The summed E-state index contributed by atoms with van der Waals surface area (Å²) in [7, 11) is 0. The number of fused-ring (bicyclic) bond motifs is 1. The quantitative estimate of drug-likeness (QED) is 0.505. The van der Waals surface area contributed by atoms with Crippen molar-refractivity contribution in [3.05, 3.63) is 96.1 Å². The van der Waals surface area contributed by atoms with Gasteiger partial charge in [0.05, 0.1) is 5.69 Å². The lowest BCUT2D eigenvalue weighted by atomic mass is 10.00. The normalized spacial score (nSPS) is 13.2. The van der Waals surface area contributed by atoms with E-state index >= 15 is 0 Å². The van der Waals surface area contributed by atoms with Crippen molar-refractivity contribution in [2.45, 2.75) is 13.0 Å². The van der Waals surface area contributed by atoms with Crippen molar-refractivity contribution in [1.82, 2.24) is 15.0 Å². The van der Waals surface area contributed by atoms with E-state index < -0.39 is 0 Å². The van der Waals surface area contributed by atoms with Crippen molar-refractivity contribution in [3.8, 4) is 22.6 Å². The first-order valence-corrected chi connectivity index (χ1v) is 9.63. The molecule has 29 heavy (non-hydrogen) atoms. The molecule has 0 atom stereocenters. The van der Waals surface area contributed by atoms with E-state index in [1.165, 1.54) is 23.3 Å². The summed E-state index contributed by atoms with van der Waals surface area (Å²) in [4.78, 5) is 16.1. The molecule has 2 aromatic heterocycles. The molecule has 2 aromatic carbocycles. The molecule has 0 aliphatic carbocycles. The number of nitrogens with zero attached hydrogens (tertiary/aromatic N) is 4. The van der Waals surface area contributed by atoms with Gasteiger partial charge in [-0.05, 0) is 53.9 Å². The van der Waals surface area contributed by atoms with Crippen molar-refractivity contribution in [2.24, 2.45) is 0 Å². The maximum absolute atomic E-state index is 13.4. The summed E-state index contributed by atoms with van der Waals surface area (Å²) in [5.41, 5.74) is 5.20. The van der Waals surface area contributed by atoms with E-state index in [0.717, 1.165) is 42.1 Å². The van der Waals surface area contributed by atoms with E-state index in [1.54, 1.807) is 24.5 Å². The third kappa shape index (κ3) is 3.59. The van der Waals surface area contributed by atoms with Crippen LogP contribution in [0.2, 0.25) is 0 Å². The van der Waals surface area contributed by atoms with Crippen LogP contribution in [0.1, 0.15) is 11.1 Å². The van der Waals surface area contributed by atoms with Gasteiger partial charge in [-0.1, -0.05) is 24.3 Å². The molecule has 0 amide bonds. The van der Waals surface area contributed by atoms with Crippen LogP contribution in [0, 0.1) is 5.82 Å². The van der Waals surface area contributed by atoms with Crippen LogP contribution in [0.3, 0.4) is 0 Å². The molecule has 5 rings (SSSR count). The Labute approximate surface area is 168 Å². The highest BCUT2D eigenvalue weighted by molar-refractivity contribution is 5.68. The van der Waals surface area contributed by atoms with Crippen LogP contribution < -0.4 is 4.90 Å². The van der Waals surface area contributed by atoms with Gasteiger partial charge >= 0.3 is 0 Å². The summed E-state index contributed by atoms with van der Waals surface area (Å²) in [6.45, 7) is 1.70. The molecule has 0 unspecified atom stereocenters. The van der Waals surface area contributed by atoms with E-state index in [0.29, 0.717) is 5.82 Å². The van der Waals surface area contributed by atoms with Crippen LogP contribution in [0.25, 0.3) is 22.6 Å². The second-order valence-corrected chi connectivity index (χ2v) is 7.12. The largest absolute Gasteiger partial charge is 0.352 e. The zero-order chi connectivity index (χ0) is 19.6. The zero-order valence-corrected chi connectivity index (χ0v) is 15.8. The predicted molar refractivity (Wildman–Crippen MR) is 112 cm³/mol. The highest BCUT2D eigenvalue weighted by atomic mass is 19.1. The molecule has 5 heteroatoms. The summed E-state index contributed by atoms with van der Waals surface area (Å²) < 4.78 is 13.4. The minimum Gasteiger partial charge on any atom is -0.352 e. The topological polar surface area (TPSA) is 41.9 Å². The van der Waals surface area contributed by atoms with E-state index in [2.05, 4.69) is 34.1 Å². The Kier molecular flexibility index (Phi) is 4.48. The Morgan fingerprint density at radius 1 is 0.828 bits per heavy atom. The average Bonchev–Trinajstić information content (AvgIpc) is 2.79. The predicted octanol–water partition coefficient (Wildman–Crippen LogP) is 4.91. The molecular formula is C24H19FN4. The molecule has 0 spiro atoms. The van der Waals surface area contributed by atoms with E-state index in [1.807, 2.05) is 18.2 Å². The van der Waals surface area contributed by atoms with Crippen LogP contribution in [-0.4, -0.2) is 21.5 Å². The Bertz CT molecular complexity index is 1140. The molecule has 0 N–H and O–H groups in total. The Balaban J connectivity index is 1.59. The van der Waals surface area contributed by atoms with Gasteiger partial charge in [0, 0.05) is 42.7 Å². The minimum absolute atomic E-state index is 0.261. The Morgan fingerprint density at radius 2 is 1.66 bits per heavy atom. The van der Waals surface area contributed by atoms with Crippen LogP contribution >= 0.6 is 0 Å². The smallest absolute Gasteiger partial charge is 0.163 e. The number of aromatic nitrogens is 3. The third-order valence-corrected chi connectivity index (χ3v) is 5.23. The summed E-state index contributed by atoms with van der Waals surface area (Å²) in [6.07, 6.45) is 4.48. The fourth-order valence-electron chi connectivity index (χ4n) is 3.68. The van der Waals surface area contributed by atoms with Gasteiger partial charge in [0.15, 0.2) is 5.82 Å². The monoisotopic (exact) mass is 382 g/mol. The number of benzene rings is 2. The van der Waals surface area contributed by atoms with Gasteiger partial charge in [-0.15, -0.1) is 0 Å². The first kappa shape index (κ1) is 17.5. The van der Waals surface area contributed by atoms with Gasteiger partial charge in [-0.25, -0.2) is 14.4 Å². The Morgan fingerprint density at radius 3 is 2.45 bits per heavy atom. The van der Waals surface area contributed by atoms with Crippen molar-refractivity contribution in [3.63, 3.8) is 0 Å². The molecule has 0 bridgehead atoms. The van der Waals surface area contributed by atoms with E-state index in [4.69, 9.17) is 9.97 Å². The van der Waals surface area contributed by atoms with Crippen molar-refractivity contribution in [2.75, 3.05) is 11.4 Å². The SMILES string of the molecule is Fc1ccc(-c2cc(N3CCc4ccccc4C3)nc(-c3cccnc3)n2)cc1. The van der Waals surface area contributed by atoms with Crippen molar-refractivity contribution >= 4 is 5.82 Å². The van der Waals surface area contributed by atoms with Crippen LogP contribution in [-0.2, 0) is 13.0 Å². The third-order valence-electron chi connectivity index (χ3n) is 5.23. The van der Waals surface area contributed by atoms with Gasteiger partial charge in [0.25, 0.3) is 0 Å². The molecule has 4 aromatic rings. The highest BCUT2D eigenvalue weighted by Crippen LogP contribution is 2.29. The summed E-state index contributed by atoms with van der Waals surface area (Å²) >= 11 is 0. The molecule has 1 aliphatic rings. The van der Waals surface area contributed by atoms with E-state index in [-0.39, 0.29) is 5.82 Å². The molecule has 3 heterocycles. The number of pyridine rings is 1. The molecule has 1 aliphatic heterocycles. The first-order valence-electron chi connectivity index (χ1n) is 9.63. The first-order chi connectivity index (χ1) is 14.3. The molecule has 142 valence electrons. The van der Waals surface area contributed by atoms with Crippen LogP contribution in [0.5, 0.6) is 0 Å². The summed E-state index contributed by atoms with van der Waals surface area (Å²) in [5, 5.41) is 0. The molecular weight excluding hydrogens is 363 g/mol. The number of halogens is 1. The fourth-order valence-corrected chi connectivity index (χ4v) is 3.68. The molecule has 0 fully saturated rings. The van der Waals surface area contributed by atoms with Gasteiger partial charge in [0.1, 0.15) is 11.6 Å². The summed E-state index contributed by atoms with van der Waals surface area (Å²) in [6, 6.07) is 20.8. The van der Waals surface area contributed by atoms with Crippen molar-refractivity contribution < 1.29 is 4.39 Å². The van der Waals surface area contributed by atoms with Gasteiger partial charge in [-0.3, -0.25) is 4.98 Å². The zero-order valence-electron chi connectivity index (χ0n) is 15.8. The lowest BCUT2D eigenvalue weighted by molar-refractivity contribution is 0.628. The standard InChI is InChI=1S/C24H19FN4/c25-21-9-7-18(8-10-21)22-14-23(28-24(27-22)19-6-3-12-26-15-19)29-13-11-17-4-1-2-5-20(17)16-29/h1-10,12,14-15H,11,13,16H2. The molecule has 0 radical (unpaired) electrons. The lowest BCUT2D eigenvalue weighted by Gasteiger charge is -2.30. The second-order valence-electron chi connectivity index (χ2n) is 7.12. The molecule has 0 saturated heterocycles. The second kappa shape index (κ2) is 7.43. The number of rotatable bonds is 3.